The van der Waals surface area contributed by atoms with Crippen LogP contribution in [0.4, 0.5) is 5.95 Å². The highest BCUT2D eigenvalue weighted by molar-refractivity contribution is 7.99. The van der Waals surface area contributed by atoms with E-state index >= 15 is 0 Å². The summed E-state index contributed by atoms with van der Waals surface area (Å²) in [5.74, 6) is 0.754. The summed E-state index contributed by atoms with van der Waals surface area (Å²) in [6, 6.07) is 15.7. The number of amides is 1. The molecule has 0 saturated heterocycles. The van der Waals surface area contributed by atoms with Crippen LogP contribution in [0.1, 0.15) is 17.0 Å². The molecule has 1 amide bonds. The maximum atomic E-state index is 12.6. The molecule has 0 aliphatic carbocycles. The second-order valence-corrected chi connectivity index (χ2v) is 8.44. The second-order valence-electron chi connectivity index (χ2n) is 7.44. The number of hydrogen-bond donors (Lipinski definition) is 3. The van der Waals surface area contributed by atoms with Crippen molar-refractivity contribution in [3.63, 3.8) is 0 Å². The van der Waals surface area contributed by atoms with Gasteiger partial charge in [-0.15, -0.1) is 0 Å². The quantitative estimate of drug-likeness (QED) is 0.220. The number of fused-ring (bicyclic) bond motifs is 1. The molecule has 168 valence electrons. The Hall–Kier alpha value is -3.72. The zero-order chi connectivity index (χ0) is 23.0. The smallest absolute Gasteiger partial charge is 0.237 e. The van der Waals surface area contributed by atoms with Gasteiger partial charge in [0.2, 0.25) is 17.8 Å². The van der Waals surface area contributed by atoms with Crippen LogP contribution in [0.25, 0.3) is 10.9 Å². The van der Waals surface area contributed by atoms with Crippen LogP contribution < -0.4 is 10.6 Å². The van der Waals surface area contributed by atoms with Gasteiger partial charge in [-0.3, -0.25) is 20.4 Å². The first-order chi connectivity index (χ1) is 16.1. The van der Waals surface area contributed by atoms with E-state index in [1.807, 2.05) is 62.5 Å². The summed E-state index contributed by atoms with van der Waals surface area (Å²) in [7, 11) is 0. The number of carbonyl (C=O) groups is 1. The third-order valence-electron chi connectivity index (χ3n) is 4.79. The van der Waals surface area contributed by atoms with Gasteiger partial charge in [0.05, 0.1) is 10.8 Å². The number of pyridine rings is 1. The van der Waals surface area contributed by atoms with Gasteiger partial charge in [0.25, 0.3) is 0 Å². The number of thioether (sulfide) groups is 1. The van der Waals surface area contributed by atoms with Crippen molar-refractivity contribution in [3.05, 3.63) is 77.9 Å². The second kappa shape index (κ2) is 10.7. The lowest BCUT2D eigenvalue weighted by atomic mass is 10.1. The number of aliphatic imine (C=N–C) groups is 1. The number of aromatic amines is 1. The zero-order valence-corrected chi connectivity index (χ0v) is 19.3. The van der Waals surface area contributed by atoms with E-state index in [9.17, 15) is 4.79 Å². The van der Waals surface area contributed by atoms with Gasteiger partial charge >= 0.3 is 0 Å². The van der Waals surface area contributed by atoms with Gasteiger partial charge in [-0.25, -0.2) is 15.0 Å². The summed E-state index contributed by atoms with van der Waals surface area (Å²) < 4.78 is 0. The summed E-state index contributed by atoms with van der Waals surface area (Å²) in [4.78, 5) is 33.5. The number of guanidine groups is 1. The molecular formula is C24H25N7OS. The predicted octanol–water partition coefficient (Wildman–Crippen LogP) is 3.89. The number of carbonyl (C=O) groups excluding carboxylic acids is 1. The van der Waals surface area contributed by atoms with E-state index in [2.05, 4.69) is 41.6 Å². The highest BCUT2D eigenvalue weighted by Crippen LogP contribution is 2.18. The highest BCUT2D eigenvalue weighted by Gasteiger charge is 2.10. The molecule has 0 unspecified atom stereocenters. The van der Waals surface area contributed by atoms with Crippen LogP contribution >= 0.6 is 11.8 Å². The summed E-state index contributed by atoms with van der Waals surface area (Å²) in [6.07, 6.45) is 4.43. The van der Waals surface area contributed by atoms with Gasteiger partial charge in [0.1, 0.15) is 0 Å². The number of hydrogen-bond acceptors (Lipinski definition) is 6. The Morgan fingerprint density at radius 3 is 2.67 bits per heavy atom. The van der Waals surface area contributed by atoms with Crippen LogP contribution in [0, 0.1) is 13.8 Å². The zero-order valence-electron chi connectivity index (χ0n) is 18.5. The van der Waals surface area contributed by atoms with E-state index in [-0.39, 0.29) is 11.7 Å². The molecule has 0 atom stereocenters. The first kappa shape index (κ1) is 22.5. The number of para-hydroxylation sites is 1. The van der Waals surface area contributed by atoms with Crippen molar-refractivity contribution >= 4 is 40.5 Å². The maximum absolute atomic E-state index is 12.6. The fraction of sp³-hybridized carbons (Fsp3) is 0.208. The lowest BCUT2D eigenvalue weighted by Gasteiger charge is -2.11. The Morgan fingerprint density at radius 2 is 1.88 bits per heavy atom. The Kier molecular flexibility index (Phi) is 7.31. The topological polar surface area (TPSA) is 108 Å². The molecule has 3 N–H and O–H groups in total. The van der Waals surface area contributed by atoms with Crippen molar-refractivity contribution in [1.29, 1.82) is 0 Å². The standard InChI is InChI=1S/C24H25N7OS/c1-16-13-17(2)29-24(28-16)31-23(30-21(32)15-33-22-9-5-6-11-25-22)26-12-10-18-14-27-20-8-4-3-7-19(18)20/h3-9,11,13-14,27H,10,12,15H2,1-2H3,(H2,26,28,29,30,31,32). The Balaban J connectivity index is 1.45. The number of nitrogens with zero attached hydrogens (tertiary/aromatic N) is 4. The summed E-state index contributed by atoms with van der Waals surface area (Å²) >= 11 is 1.36. The molecule has 33 heavy (non-hydrogen) atoms. The van der Waals surface area contributed by atoms with E-state index in [4.69, 9.17) is 0 Å². The normalized spacial score (nSPS) is 11.5. The Labute approximate surface area is 196 Å². The first-order valence-corrected chi connectivity index (χ1v) is 11.6. The van der Waals surface area contributed by atoms with Crippen molar-refractivity contribution in [2.45, 2.75) is 25.3 Å². The number of benzene rings is 1. The molecule has 0 bridgehead atoms. The molecule has 4 aromatic rings. The molecule has 1 aromatic carbocycles. The van der Waals surface area contributed by atoms with Crippen LogP contribution in [0.2, 0.25) is 0 Å². The van der Waals surface area contributed by atoms with Crippen molar-refractivity contribution in [3.8, 4) is 0 Å². The fourth-order valence-electron chi connectivity index (χ4n) is 3.36. The van der Waals surface area contributed by atoms with Gasteiger partial charge in [-0.05, 0) is 50.1 Å². The third-order valence-corrected chi connectivity index (χ3v) is 5.73. The van der Waals surface area contributed by atoms with E-state index in [0.29, 0.717) is 18.5 Å². The van der Waals surface area contributed by atoms with Gasteiger partial charge in [-0.1, -0.05) is 36.0 Å². The van der Waals surface area contributed by atoms with Gasteiger partial charge in [0, 0.05) is 41.2 Å². The average Bonchev–Trinajstić information content (AvgIpc) is 3.21. The number of aromatic nitrogens is 4. The minimum atomic E-state index is -0.187. The van der Waals surface area contributed by atoms with Crippen molar-refractivity contribution < 1.29 is 4.79 Å². The van der Waals surface area contributed by atoms with Crippen LogP contribution in [-0.4, -0.2) is 44.1 Å². The molecule has 0 radical (unpaired) electrons. The van der Waals surface area contributed by atoms with Crippen LogP contribution in [-0.2, 0) is 11.2 Å². The first-order valence-electron chi connectivity index (χ1n) is 10.6. The van der Waals surface area contributed by atoms with E-state index in [0.717, 1.165) is 28.4 Å². The number of anilines is 1. The molecule has 0 aliphatic heterocycles. The number of H-pyrrole nitrogens is 1. The number of nitrogens with one attached hydrogen (secondary N) is 3. The molecule has 0 fully saturated rings. The largest absolute Gasteiger partial charge is 0.361 e. The summed E-state index contributed by atoms with van der Waals surface area (Å²) in [5, 5.41) is 7.89. The molecule has 3 heterocycles. The molecule has 8 nitrogen and oxygen atoms in total. The molecule has 0 saturated carbocycles. The number of aryl methyl sites for hydroxylation is 2. The third kappa shape index (κ3) is 6.39. The van der Waals surface area contributed by atoms with Crippen LogP contribution in [0.3, 0.4) is 0 Å². The van der Waals surface area contributed by atoms with Crippen LogP contribution in [0.15, 0.2) is 70.9 Å². The average molecular weight is 460 g/mol. The van der Waals surface area contributed by atoms with E-state index < -0.39 is 0 Å². The summed E-state index contributed by atoms with van der Waals surface area (Å²) in [5.41, 5.74) is 3.94. The van der Waals surface area contributed by atoms with Gasteiger partial charge in [-0.2, -0.15) is 0 Å². The molecule has 0 spiro atoms. The minimum Gasteiger partial charge on any atom is -0.361 e. The van der Waals surface area contributed by atoms with E-state index in [1.54, 1.807) is 6.20 Å². The minimum absolute atomic E-state index is 0.187. The van der Waals surface area contributed by atoms with Crippen LogP contribution in [0.5, 0.6) is 0 Å². The van der Waals surface area contributed by atoms with Crippen molar-refractivity contribution in [1.82, 2.24) is 25.3 Å². The maximum Gasteiger partial charge on any atom is 0.237 e. The monoisotopic (exact) mass is 459 g/mol. The highest BCUT2D eigenvalue weighted by atomic mass is 32.2. The molecule has 0 aliphatic rings. The van der Waals surface area contributed by atoms with Crippen molar-refractivity contribution in [2.24, 2.45) is 4.99 Å². The molecule has 4 rings (SSSR count). The predicted molar refractivity (Wildman–Crippen MR) is 133 cm³/mol. The molecule has 9 heteroatoms. The fourth-order valence-corrected chi connectivity index (χ4v) is 4.03. The Morgan fingerprint density at radius 1 is 1.09 bits per heavy atom. The lowest BCUT2D eigenvalue weighted by molar-refractivity contribution is -0.117. The SMILES string of the molecule is Cc1cc(C)nc(NC(=NCCc2c[nH]c3ccccc23)NC(=O)CSc2ccccn2)n1. The lowest BCUT2D eigenvalue weighted by Crippen LogP contribution is -2.38. The van der Waals surface area contributed by atoms with Crippen molar-refractivity contribution in [2.75, 3.05) is 17.6 Å². The van der Waals surface area contributed by atoms with Gasteiger partial charge < -0.3 is 4.98 Å². The molecule has 3 aromatic heterocycles. The Bertz CT molecular complexity index is 1250. The summed E-state index contributed by atoms with van der Waals surface area (Å²) in [6.45, 7) is 4.29. The van der Waals surface area contributed by atoms with Gasteiger partial charge in [0.15, 0.2) is 0 Å². The van der Waals surface area contributed by atoms with E-state index in [1.165, 1.54) is 22.7 Å². The number of rotatable bonds is 7. The molecular weight excluding hydrogens is 434 g/mol.